The van der Waals surface area contributed by atoms with E-state index in [0.717, 1.165) is 44.3 Å². The lowest BCUT2D eigenvalue weighted by molar-refractivity contribution is -0.537. The Morgan fingerprint density at radius 1 is 1.38 bits per heavy atom. The minimum absolute atomic E-state index is 0.0319. The predicted molar refractivity (Wildman–Crippen MR) is 101 cm³/mol. The average Bonchev–Trinajstić information content (AvgIpc) is 3.04. The smallest absolute Gasteiger partial charge is 0.370 e. The minimum Gasteiger partial charge on any atom is -0.490 e. The molecule has 0 aliphatic carbocycles. The number of H-pyrrole nitrogens is 1. The molecular formula is C21H25N2O3+. The number of rotatable bonds is 4. The number of carboxylic acids is 1. The van der Waals surface area contributed by atoms with Gasteiger partial charge in [-0.25, -0.2) is 9.37 Å². The van der Waals surface area contributed by atoms with Gasteiger partial charge in [-0.05, 0) is 30.5 Å². The Balaban J connectivity index is 1.95. The van der Waals surface area contributed by atoms with Gasteiger partial charge >= 0.3 is 5.97 Å². The van der Waals surface area contributed by atoms with Gasteiger partial charge in [0.25, 0.3) is 0 Å². The third kappa shape index (κ3) is 2.45. The molecule has 5 nitrogen and oxygen atoms in total. The molecule has 3 heterocycles. The number of benzene rings is 1. The molecule has 0 saturated heterocycles. The molecule has 1 aromatic carbocycles. The lowest BCUT2D eigenvalue weighted by Crippen LogP contribution is -2.45. The molecule has 0 saturated carbocycles. The Morgan fingerprint density at radius 3 is 2.92 bits per heavy atom. The highest BCUT2D eigenvalue weighted by atomic mass is 16.5. The van der Waals surface area contributed by atoms with Crippen molar-refractivity contribution in [1.82, 2.24) is 4.98 Å². The molecule has 1 atom stereocenters. The minimum atomic E-state index is -1.01. The molecule has 5 heteroatoms. The van der Waals surface area contributed by atoms with E-state index in [9.17, 15) is 9.90 Å². The van der Waals surface area contributed by atoms with Crippen LogP contribution >= 0.6 is 0 Å². The summed E-state index contributed by atoms with van der Waals surface area (Å²) in [6.45, 7) is 4.14. The number of aromatic amines is 1. The van der Waals surface area contributed by atoms with Crippen LogP contribution in [-0.2, 0) is 16.0 Å². The van der Waals surface area contributed by atoms with Gasteiger partial charge in [-0.15, -0.1) is 0 Å². The standard InChI is InChI=1S/C21H24N2O3/c1-3-21(13-17(26-2)20(24)25)10-6-11-23-12-9-15-14-7-4-5-8-16(14)22-18(15)19(21)23/h4-5,7-8,13H,3,6,9-12H2,1-2H3,(H,24,25)/p+1. The number of hydrogen-bond donors (Lipinski definition) is 2. The fourth-order valence-electron chi connectivity index (χ4n) is 4.72. The summed E-state index contributed by atoms with van der Waals surface area (Å²) in [5.41, 5.74) is 4.60. The maximum atomic E-state index is 11.6. The molecule has 2 N–H and O–H groups in total. The van der Waals surface area contributed by atoms with E-state index in [1.54, 1.807) is 0 Å². The van der Waals surface area contributed by atoms with Crippen LogP contribution in [0.1, 0.15) is 37.4 Å². The Hall–Kier alpha value is -2.56. The maximum absolute atomic E-state index is 11.6. The second-order valence-electron chi connectivity index (χ2n) is 7.24. The summed E-state index contributed by atoms with van der Waals surface area (Å²) in [4.78, 5) is 15.2. The molecule has 1 aromatic heterocycles. The third-order valence-electron chi connectivity index (χ3n) is 5.99. The highest BCUT2D eigenvalue weighted by Gasteiger charge is 2.47. The number of hydrogen-bond acceptors (Lipinski definition) is 2. The average molecular weight is 353 g/mol. The number of carbonyl (C=O) groups is 1. The molecule has 0 fully saturated rings. The van der Waals surface area contributed by atoms with Crippen LogP contribution in [0.3, 0.4) is 0 Å². The number of allylic oxidation sites excluding steroid dienone is 1. The van der Waals surface area contributed by atoms with Crippen molar-refractivity contribution >= 4 is 22.6 Å². The number of nitrogens with zero attached hydrogens (tertiary/aromatic N) is 1. The molecule has 136 valence electrons. The van der Waals surface area contributed by atoms with E-state index in [1.165, 1.54) is 29.5 Å². The number of aliphatic carboxylic acids is 1. The first-order valence-electron chi connectivity index (χ1n) is 9.32. The van der Waals surface area contributed by atoms with Crippen molar-refractivity contribution in [2.24, 2.45) is 5.41 Å². The van der Waals surface area contributed by atoms with Gasteiger partial charge in [-0.2, -0.15) is 0 Å². The molecule has 2 aliphatic rings. The summed E-state index contributed by atoms with van der Waals surface area (Å²) in [6.07, 6.45) is 5.69. The van der Waals surface area contributed by atoms with Gasteiger partial charge in [-0.3, -0.25) is 0 Å². The van der Waals surface area contributed by atoms with Gasteiger partial charge in [0, 0.05) is 23.7 Å². The van der Waals surface area contributed by atoms with Gasteiger partial charge in [0.2, 0.25) is 11.5 Å². The molecule has 0 amide bonds. The molecule has 26 heavy (non-hydrogen) atoms. The number of aromatic nitrogens is 1. The van der Waals surface area contributed by atoms with Gasteiger partial charge in [0.05, 0.1) is 12.5 Å². The van der Waals surface area contributed by atoms with Crippen LogP contribution in [-0.4, -0.2) is 46.5 Å². The van der Waals surface area contributed by atoms with Crippen molar-refractivity contribution in [2.75, 3.05) is 20.2 Å². The first kappa shape index (κ1) is 16.9. The van der Waals surface area contributed by atoms with E-state index in [0.29, 0.717) is 0 Å². The number of carboxylic acid groups (broad SMARTS) is 1. The first-order chi connectivity index (χ1) is 12.6. The SMILES string of the molecule is CCC1(C=C(OC)C(=O)O)CCC[N+]2=C1c1[nH]c3ccccc3c1CC2. The molecule has 0 spiro atoms. The van der Waals surface area contributed by atoms with Crippen LogP contribution in [0, 0.1) is 5.41 Å². The Morgan fingerprint density at radius 2 is 2.19 bits per heavy atom. The van der Waals surface area contributed by atoms with Crippen LogP contribution in [0.2, 0.25) is 0 Å². The Labute approximate surface area is 153 Å². The van der Waals surface area contributed by atoms with E-state index < -0.39 is 5.97 Å². The summed E-state index contributed by atoms with van der Waals surface area (Å²) >= 11 is 0. The maximum Gasteiger partial charge on any atom is 0.370 e. The van der Waals surface area contributed by atoms with Gasteiger partial charge in [0.1, 0.15) is 18.8 Å². The van der Waals surface area contributed by atoms with Crippen LogP contribution in [0.25, 0.3) is 10.9 Å². The summed E-state index contributed by atoms with van der Waals surface area (Å²) in [5.74, 6) is -0.977. The van der Waals surface area contributed by atoms with Crippen molar-refractivity contribution in [2.45, 2.75) is 32.6 Å². The van der Waals surface area contributed by atoms with Crippen molar-refractivity contribution < 1.29 is 19.2 Å². The van der Waals surface area contributed by atoms with Crippen molar-refractivity contribution in [3.63, 3.8) is 0 Å². The number of nitrogens with one attached hydrogen (secondary N) is 1. The van der Waals surface area contributed by atoms with Crippen LogP contribution < -0.4 is 0 Å². The van der Waals surface area contributed by atoms with Gasteiger partial charge in [0.15, 0.2) is 0 Å². The van der Waals surface area contributed by atoms with Crippen LogP contribution in [0.15, 0.2) is 36.1 Å². The van der Waals surface area contributed by atoms with Crippen molar-refractivity contribution in [1.29, 1.82) is 0 Å². The second kappa shape index (κ2) is 6.31. The first-order valence-corrected chi connectivity index (χ1v) is 9.32. The number of para-hydroxylation sites is 1. The zero-order valence-electron chi connectivity index (χ0n) is 15.3. The normalized spacial score (nSPS) is 22.9. The summed E-state index contributed by atoms with van der Waals surface area (Å²) < 4.78 is 7.63. The van der Waals surface area contributed by atoms with E-state index >= 15 is 0 Å². The fraction of sp³-hybridized carbons (Fsp3) is 0.429. The zero-order chi connectivity index (χ0) is 18.3. The third-order valence-corrected chi connectivity index (χ3v) is 5.99. The number of ether oxygens (including phenoxy) is 1. The van der Waals surface area contributed by atoms with Crippen LogP contribution in [0.5, 0.6) is 0 Å². The topological polar surface area (TPSA) is 65.3 Å². The molecule has 4 rings (SSSR count). The summed E-state index contributed by atoms with van der Waals surface area (Å²) in [6, 6.07) is 8.41. The lowest BCUT2D eigenvalue weighted by atomic mass is 9.71. The Kier molecular flexibility index (Phi) is 4.10. The fourth-order valence-corrected chi connectivity index (χ4v) is 4.72. The summed E-state index contributed by atoms with van der Waals surface area (Å²) in [7, 11) is 1.43. The van der Waals surface area contributed by atoms with E-state index in [-0.39, 0.29) is 11.2 Å². The molecule has 0 radical (unpaired) electrons. The highest BCUT2D eigenvalue weighted by molar-refractivity contribution is 6.07. The largest absolute Gasteiger partial charge is 0.490 e. The summed E-state index contributed by atoms with van der Waals surface area (Å²) in [5, 5.41) is 10.8. The monoisotopic (exact) mass is 353 g/mol. The van der Waals surface area contributed by atoms with Crippen molar-refractivity contribution in [3.8, 4) is 0 Å². The molecule has 2 aromatic rings. The van der Waals surface area contributed by atoms with Gasteiger partial charge < -0.3 is 14.8 Å². The Bertz CT molecular complexity index is 938. The van der Waals surface area contributed by atoms with E-state index in [2.05, 4.69) is 34.7 Å². The second-order valence-corrected chi connectivity index (χ2v) is 7.24. The van der Waals surface area contributed by atoms with E-state index in [1.807, 2.05) is 12.1 Å². The van der Waals surface area contributed by atoms with Gasteiger partial charge in [-0.1, -0.05) is 25.1 Å². The predicted octanol–water partition coefficient (Wildman–Crippen LogP) is 3.33. The van der Waals surface area contributed by atoms with Crippen LogP contribution in [0.4, 0.5) is 0 Å². The molecule has 0 bridgehead atoms. The van der Waals surface area contributed by atoms with E-state index in [4.69, 9.17) is 4.74 Å². The lowest BCUT2D eigenvalue weighted by Gasteiger charge is -2.35. The number of methoxy groups -OCH3 is 1. The quantitative estimate of drug-likeness (QED) is 0.503. The zero-order valence-corrected chi connectivity index (χ0v) is 15.3. The van der Waals surface area contributed by atoms with Crippen molar-refractivity contribution in [3.05, 3.63) is 47.4 Å². The number of fused-ring (bicyclic) bond motifs is 4. The highest BCUT2D eigenvalue weighted by Crippen LogP contribution is 2.41. The molecule has 1 unspecified atom stereocenters. The molecule has 2 aliphatic heterocycles. The molecular weight excluding hydrogens is 328 g/mol.